The maximum atomic E-state index is 13.0. The third kappa shape index (κ3) is 3.19. The molecule has 1 aromatic carbocycles. The van der Waals surface area contributed by atoms with Gasteiger partial charge >= 0.3 is 0 Å². The highest BCUT2D eigenvalue weighted by Gasteiger charge is 2.28. The van der Waals surface area contributed by atoms with E-state index in [4.69, 9.17) is 11.6 Å². The van der Waals surface area contributed by atoms with Crippen molar-refractivity contribution < 1.29 is 9.18 Å². The summed E-state index contributed by atoms with van der Waals surface area (Å²) in [6.45, 7) is 7.54. The van der Waals surface area contributed by atoms with Gasteiger partial charge in [-0.15, -0.1) is 0 Å². The van der Waals surface area contributed by atoms with Crippen molar-refractivity contribution in [1.82, 2.24) is 0 Å². The number of hydrogen-bond donors (Lipinski definition) is 0. The number of hydrogen-bond acceptors (Lipinski definition) is 1. The number of carbonyl (C=O) groups is 1. The second-order valence-corrected chi connectivity index (χ2v) is 5.26. The fourth-order valence-electron chi connectivity index (χ4n) is 1.69. The lowest BCUT2D eigenvalue weighted by Crippen LogP contribution is -2.45. The van der Waals surface area contributed by atoms with E-state index in [1.165, 1.54) is 18.2 Å². The van der Waals surface area contributed by atoms with Gasteiger partial charge in [0.2, 0.25) is 5.91 Å². The van der Waals surface area contributed by atoms with Gasteiger partial charge in [-0.2, -0.15) is 0 Å². The van der Waals surface area contributed by atoms with Crippen LogP contribution in [0.4, 0.5) is 10.1 Å². The van der Waals surface area contributed by atoms with Gasteiger partial charge in [-0.05, 0) is 39.0 Å². The molecular formula is C13H17ClFNO. The van der Waals surface area contributed by atoms with Gasteiger partial charge in [-0.25, -0.2) is 4.39 Å². The molecule has 0 unspecified atom stereocenters. The maximum Gasteiger partial charge on any atom is 0.227 e. The van der Waals surface area contributed by atoms with Crippen LogP contribution in [0.2, 0.25) is 5.02 Å². The fraction of sp³-hybridized carbons (Fsp3) is 0.462. The Balaban J connectivity index is 3.28. The Morgan fingerprint density at radius 1 is 1.41 bits per heavy atom. The monoisotopic (exact) mass is 257 g/mol. The van der Waals surface area contributed by atoms with E-state index >= 15 is 0 Å². The Bertz CT molecular complexity index is 426. The van der Waals surface area contributed by atoms with Crippen LogP contribution in [-0.2, 0) is 4.79 Å². The van der Waals surface area contributed by atoms with Crippen LogP contribution in [0.5, 0.6) is 0 Å². The Morgan fingerprint density at radius 2 is 2.00 bits per heavy atom. The van der Waals surface area contributed by atoms with Gasteiger partial charge in [0.05, 0.1) is 10.7 Å². The number of amides is 1. The van der Waals surface area contributed by atoms with Crippen molar-refractivity contribution in [3.05, 3.63) is 29.0 Å². The molecule has 1 aromatic rings. The Labute approximate surface area is 106 Å². The normalized spacial score (nSPS) is 11.4. The number of nitrogens with zero attached hydrogens (tertiary/aromatic N) is 1. The quantitative estimate of drug-likeness (QED) is 0.784. The lowest BCUT2D eigenvalue weighted by Gasteiger charge is -2.36. The van der Waals surface area contributed by atoms with Crippen molar-refractivity contribution in [2.24, 2.45) is 0 Å². The summed E-state index contributed by atoms with van der Waals surface area (Å²) < 4.78 is 13.0. The van der Waals surface area contributed by atoms with Crippen molar-refractivity contribution >= 4 is 23.2 Å². The molecule has 0 saturated heterocycles. The third-order valence-corrected chi connectivity index (χ3v) is 2.68. The van der Waals surface area contributed by atoms with Crippen molar-refractivity contribution in [2.45, 2.75) is 39.7 Å². The first kappa shape index (κ1) is 14.0. The highest BCUT2D eigenvalue weighted by Crippen LogP contribution is 2.32. The number of halogens is 2. The second-order valence-electron chi connectivity index (χ2n) is 4.85. The van der Waals surface area contributed by atoms with E-state index in [0.29, 0.717) is 12.1 Å². The lowest BCUT2D eigenvalue weighted by molar-refractivity contribution is -0.119. The molecule has 0 aliphatic heterocycles. The maximum absolute atomic E-state index is 13.0. The average Bonchev–Trinajstić information content (AvgIpc) is 2.19. The molecule has 0 aromatic heterocycles. The first-order valence-corrected chi connectivity index (χ1v) is 5.93. The summed E-state index contributed by atoms with van der Waals surface area (Å²) in [6, 6.07) is 4.07. The predicted molar refractivity (Wildman–Crippen MR) is 68.9 cm³/mol. The molecule has 0 bridgehead atoms. The highest BCUT2D eigenvalue weighted by atomic mass is 35.5. The van der Waals surface area contributed by atoms with Gasteiger partial charge < -0.3 is 4.90 Å². The van der Waals surface area contributed by atoms with Crippen molar-refractivity contribution in [2.75, 3.05) is 4.90 Å². The molecule has 1 amide bonds. The molecule has 0 saturated carbocycles. The summed E-state index contributed by atoms with van der Waals surface area (Å²) >= 11 is 6.00. The first-order chi connectivity index (χ1) is 7.77. The van der Waals surface area contributed by atoms with E-state index in [1.807, 2.05) is 20.8 Å². The summed E-state index contributed by atoms with van der Waals surface area (Å²) in [5.41, 5.74) is 0.154. The zero-order valence-electron chi connectivity index (χ0n) is 10.6. The van der Waals surface area contributed by atoms with Crippen molar-refractivity contribution in [1.29, 1.82) is 0 Å². The van der Waals surface area contributed by atoms with Crippen LogP contribution in [0.1, 0.15) is 34.1 Å². The largest absolute Gasteiger partial charge is 0.306 e. The molecule has 1 rings (SSSR count). The van der Waals surface area contributed by atoms with Gasteiger partial charge in [0, 0.05) is 12.0 Å². The number of benzene rings is 1. The topological polar surface area (TPSA) is 20.3 Å². The average molecular weight is 258 g/mol. The van der Waals surface area contributed by atoms with Crippen LogP contribution >= 0.6 is 11.6 Å². The molecule has 94 valence electrons. The minimum Gasteiger partial charge on any atom is -0.306 e. The Hall–Kier alpha value is -1.09. The number of anilines is 1. The Kier molecular flexibility index (Phi) is 4.15. The molecular weight excluding hydrogens is 241 g/mol. The van der Waals surface area contributed by atoms with Crippen LogP contribution in [-0.4, -0.2) is 11.4 Å². The second kappa shape index (κ2) is 5.05. The summed E-state index contributed by atoms with van der Waals surface area (Å²) in [6.07, 6.45) is 0.380. The molecule has 0 N–H and O–H groups in total. The van der Waals surface area contributed by atoms with E-state index in [1.54, 1.807) is 11.8 Å². The Morgan fingerprint density at radius 3 is 2.41 bits per heavy atom. The van der Waals surface area contributed by atoms with Crippen LogP contribution in [0.15, 0.2) is 18.2 Å². The smallest absolute Gasteiger partial charge is 0.227 e. The van der Waals surface area contributed by atoms with Crippen molar-refractivity contribution in [3.63, 3.8) is 0 Å². The molecule has 0 spiro atoms. The molecule has 0 heterocycles. The molecule has 0 radical (unpaired) electrons. The molecule has 0 fully saturated rings. The zero-order chi connectivity index (χ0) is 13.2. The van der Waals surface area contributed by atoms with E-state index in [9.17, 15) is 9.18 Å². The third-order valence-electron chi connectivity index (χ3n) is 2.37. The molecule has 17 heavy (non-hydrogen) atoms. The summed E-state index contributed by atoms with van der Waals surface area (Å²) in [4.78, 5) is 13.6. The number of rotatable bonds is 2. The van der Waals surface area contributed by atoms with Crippen LogP contribution in [0.25, 0.3) is 0 Å². The zero-order valence-corrected chi connectivity index (χ0v) is 11.3. The molecule has 0 aliphatic rings. The van der Waals surface area contributed by atoms with E-state index in [-0.39, 0.29) is 10.9 Å². The van der Waals surface area contributed by atoms with E-state index in [2.05, 4.69) is 0 Å². The minimum atomic E-state index is -0.406. The van der Waals surface area contributed by atoms with E-state index in [0.717, 1.165) is 0 Å². The van der Waals surface area contributed by atoms with Crippen LogP contribution < -0.4 is 4.90 Å². The SMILES string of the molecule is CCC(=O)N(c1ccc(F)cc1Cl)C(C)(C)C. The molecule has 2 nitrogen and oxygen atoms in total. The van der Waals surface area contributed by atoms with Crippen LogP contribution in [0.3, 0.4) is 0 Å². The molecule has 0 atom stereocenters. The summed E-state index contributed by atoms with van der Waals surface area (Å²) in [5.74, 6) is -0.442. The van der Waals surface area contributed by atoms with Crippen LogP contribution in [0, 0.1) is 5.82 Å². The molecule has 0 aliphatic carbocycles. The van der Waals surface area contributed by atoms with Gasteiger partial charge in [-0.1, -0.05) is 18.5 Å². The summed E-state index contributed by atoms with van der Waals surface area (Å²) in [7, 11) is 0. The fourth-order valence-corrected chi connectivity index (χ4v) is 1.94. The number of carbonyl (C=O) groups excluding carboxylic acids is 1. The minimum absolute atomic E-state index is 0.0361. The predicted octanol–water partition coefficient (Wildman–Crippen LogP) is 4.02. The lowest BCUT2D eigenvalue weighted by atomic mass is 10.0. The van der Waals surface area contributed by atoms with Gasteiger partial charge in [-0.3, -0.25) is 4.79 Å². The van der Waals surface area contributed by atoms with Crippen molar-refractivity contribution in [3.8, 4) is 0 Å². The van der Waals surface area contributed by atoms with E-state index < -0.39 is 11.4 Å². The molecule has 4 heteroatoms. The first-order valence-electron chi connectivity index (χ1n) is 5.55. The van der Waals surface area contributed by atoms with Gasteiger partial charge in [0.15, 0.2) is 0 Å². The van der Waals surface area contributed by atoms with Gasteiger partial charge in [0.1, 0.15) is 5.82 Å². The standard InChI is InChI=1S/C13H17ClFNO/c1-5-12(17)16(13(2,3)4)11-7-6-9(15)8-10(11)14/h6-8H,5H2,1-4H3. The van der Waals surface area contributed by atoms with Gasteiger partial charge in [0.25, 0.3) is 0 Å². The summed E-state index contributed by atoms with van der Waals surface area (Å²) in [5, 5.41) is 0.252. The highest BCUT2D eigenvalue weighted by molar-refractivity contribution is 6.33.